The summed E-state index contributed by atoms with van der Waals surface area (Å²) in [6.07, 6.45) is 2.70. The number of hydrogen-bond donors (Lipinski definition) is 0. The zero-order valence-corrected chi connectivity index (χ0v) is 12.7. The van der Waals surface area contributed by atoms with Crippen molar-refractivity contribution >= 4 is 17.3 Å². The molecule has 25 heavy (non-hydrogen) atoms. The molecule has 0 aliphatic heterocycles. The standard InChI is InChI=1S/C16H10N6O3/c17-9-12-1-5-14(6-2-12)21(20-10-18-19-11-20)16(23)13-3-7-15(8-4-13)22(24)25/h1-8,10-11H. The fraction of sp³-hybridized carbons (Fsp3) is 0. The highest BCUT2D eigenvalue weighted by Gasteiger charge is 2.20. The van der Waals surface area contributed by atoms with Crippen LogP contribution in [-0.4, -0.2) is 25.7 Å². The molecular weight excluding hydrogens is 324 g/mol. The summed E-state index contributed by atoms with van der Waals surface area (Å²) in [6.45, 7) is 0. The van der Waals surface area contributed by atoms with Crippen LogP contribution in [0.2, 0.25) is 0 Å². The first-order valence-corrected chi connectivity index (χ1v) is 7.04. The van der Waals surface area contributed by atoms with Gasteiger partial charge in [0, 0.05) is 17.7 Å². The summed E-state index contributed by atoms with van der Waals surface area (Å²) in [6, 6.07) is 13.7. The van der Waals surface area contributed by atoms with Gasteiger partial charge in [-0.25, -0.2) is 9.69 Å². The molecule has 0 spiro atoms. The maximum Gasteiger partial charge on any atom is 0.277 e. The molecule has 0 radical (unpaired) electrons. The van der Waals surface area contributed by atoms with Gasteiger partial charge in [0.15, 0.2) is 0 Å². The summed E-state index contributed by atoms with van der Waals surface area (Å²) in [5.41, 5.74) is 1.09. The van der Waals surface area contributed by atoms with Gasteiger partial charge in [-0.3, -0.25) is 14.9 Å². The first-order valence-electron chi connectivity index (χ1n) is 7.04. The van der Waals surface area contributed by atoms with Crippen LogP contribution in [0.1, 0.15) is 15.9 Å². The molecule has 0 saturated carbocycles. The number of carbonyl (C=O) groups is 1. The Labute approximate surface area is 141 Å². The van der Waals surface area contributed by atoms with Crippen LogP contribution in [0.4, 0.5) is 11.4 Å². The number of aromatic nitrogens is 3. The molecule has 0 atom stereocenters. The number of carbonyl (C=O) groups excluding carboxylic acids is 1. The van der Waals surface area contributed by atoms with Crippen molar-refractivity contribution in [3.8, 4) is 6.07 Å². The van der Waals surface area contributed by atoms with Crippen molar-refractivity contribution in [3.05, 3.63) is 82.4 Å². The fourth-order valence-electron chi connectivity index (χ4n) is 2.18. The molecule has 9 heteroatoms. The quantitative estimate of drug-likeness (QED) is 0.533. The maximum atomic E-state index is 12.9. The lowest BCUT2D eigenvalue weighted by Gasteiger charge is -2.22. The van der Waals surface area contributed by atoms with Gasteiger partial charge >= 0.3 is 0 Å². The largest absolute Gasteiger partial charge is 0.277 e. The number of nitriles is 1. The predicted octanol–water partition coefficient (Wildman–Crippen LogP) is 2.17. The van der Waals surface area contributed by atoms with E-state index < -0.39 is 10.8 Å². The van der Waals surface area contributed by atoms with Gasteiger partial charge < -0.3 is 0 Å². The first-order chi connectivity index (χ1) is 12.1. The van der Waals surface area contributed by atoms with Crippen LogP contribution in [0, 0.1) is 21.4 Å². The Kier molecular flexibility index (Phi) is 4.17. The number of hydrogen-bond acceptors (Lipinski definition) is 6. The number of nitrogens with zero attached hydrogens (tertiary/aromatic N) is 6. The third-order valence-electron chi connectivity index (χ3n) is 3.40. The summed E-state index contributed by atoms with van der Waals surface area (Å²) in [5.74, 6) is -0.431. The Bertz CT molecular complexity index is 943. The lowest BCUT2D eigenvalue weighted by Crippen LogP contribution is -2.35. The van der Waals surface area contributed by atoms with Gasteiger partial charge in [-0.1, -0.05) is 0 Å². The molecule has 3 rings (SSSR count). The van der Waals surface area contributed by atoms with Gasteiger partial charge in [-0.05, 0) is 36.4 Å². The Morgan fingerprint density at radius 1 is 1.08 bits per heavy atom. The summed E-state index contributed by atoms with van der Waals surface area (Å²) >= 11 is 0. The molecule has 122 valence electrons. The minimum Gasteiger partial charge on any atom is -0.267 e. The molecule has 0 unspecified atom stereocenters. The van der Waals surface area contributed by atoms with Crippen molar-refractivity contribution in [3.63, 3.8) is 0 Å². The Balaban J connectivity index is 2.00. The number of anilines is 1. The highest BCUT2D eigenvalue weighted by molar-refractivity contribution is 6.05. The van der Waals surface area contributed by atoms with Crippen LogP contribution in [0.25, 0.3) is 0 Å². The summed E-state index contributed by atoms with van der Waals surface area (Å²) in [5, 5.41) is 28.3. The summed E-state index contributed by atoms with van der Waals surface area (Å²) in [4.78, 5) is 23.1. The Morgan fingerprint density at radius 2 is 1.68 bits per heavy atom. The molecule has 0 bridgehead atoms. The van der Waals surface area contributed by atoms with E-state index in [0.717, 1.165) is 0 Å². The monoisotopic (exact) mass is 334 g/mol. The van der Waals surface area contributed by atoms with Crippen LogP contribution < -0.4 is 5.01 Å². The number of non-ortho nitro benzene ring substituents is 1. The second-order valence-corrected chi connectivity index (χ2v) is 4.92. The molecule has 1 heterocycles. The highest BCUT2D eigenvalue weighted by Crippen LogP contribution is 2.20. The lowest BCUT2D eigenvalue weighted by molar-refractivity contribution is -0.384. The van der Waals surface area contributed by atoms with Gasteiger partial charge in [0.25, 0.3) is 11.6 Å². The van der Waals surface area contributed by atoms with E-state index in [1.165, 1.54) is 46.6 Å². The summed E-state index contributed by atoms with van der Waals surface area (Å²) in [7, 11) is 0. The highest BCUT2D eigenvalue weighted by atomic mass is 16.6. The van der Waals surface area contributed by atoms with E-state index in [2.05, 4.69) is 10.2 Å². The van der Waals surface area contributed by atoms with E-state index in [1.807, 2.05) is 6.07 Å². The molecule has 2 aromatic carbocycles. The van der Waals surface area contributed by atoms with E-state index in [0.29, 0.717) is 11.3 Å². The van der Waals surface area contributed by atoms with E-state index in [4.69, 9.17) is 5.26 Å². The maximum absolute atomic E-state index is 12.9. The smallest absolute Gasteiger partial charge is 0.267 e. The van der Waals surface area contributed by atoms with Crippen molar-refractivity contribution in [2.45, 2.75) is 0 Å². The average Bonchev–Trinajstić information content (AvgIpc) is 3.16. The average molecular weight is 334 g/mol. The van der Waals surface area contributed by atoms with E-state index in [1.54, 1.807) is 24.3 Å². The molecule has 0 fully saturated rings. The van der Waals surface area contributed by atoms with Crippen molar-refractivity contribution in [2.24, 2.45) is 0 Å². The molecular formula is C16H10N6O3. The van der Waals surface area contributed by atoms with Crippen molar-refractivity contribution < 1.29 is 9.72 Å². The van der Waals surface area contributed by atoms with Crippen LogP contribution in [0.3, 0.4) is 0 Å². The molecule has 0 saturated heterocycles. The third-order valence-corrected chi connectivity index (χ3v) is 3.40. The molecule has 1 amide bonds. The predicted molar refractivity (Wildman–Crippen MR) is 86.5 cm³/mol. The molecule has 1 aromatic heterocycles. The van der Waals surface area contributed by atoms with E-state index in [-0.39, 0.29) is 11.3 Å². The summed E-state index contributed by atoms with van der Waals surface area (Å²) < 4.78 is 1.38. The van der Waals surface area contributed by atoms with Gasteiger partial charge in [0.1, 0.15) is 12.7 Å². The number of benzene rings is 2. The van der Waals surface area contributed by atoms with Crippen molar-refractivity contribution in [2.75, 3.05) is 5.01 Å². The second-order valence-electron chi connectivity index (χ2n) is 4.92. The number of nitro benzene ring substituents is 1. The minimum absolute atomic E-state index is 0.106. The van der Waals surface area contributed by atoms with Gasteiger partial charge in [-0.2, -0.15) is 5.26 Å². The van der Waals surface area contributed by atoms with E-state index >= 15 is 0 Å². The van der Waals surface area contributed by atoms with Crippen molar-refractivity contribution in [1.29, 1.82) is 5.26 Å². The molecule has 3 aromatic rings. The topological polar surface area (TPSA) is 118 Å². The van der Waals surface area contributed by atoms with Crippen molar-refractivity contribution in [1.82, 2.24) is 14.9 Å². The van der Waals surface area contributed by atoms with Crippen LogP contribution in [-0.2, 0) is 0 Å². The van der Waals surface area contributed by atoms with Crippen LogP contribution >= 0.6 is 0 Å². The normalized spacial score (nSPS) is 10.0. The van der Waals surface area contributed by atoms with E-state index in [9.17, 15) is 14.9 Å². The number of rotatable bonds is 4. The molecule has 0 aliphatic rings. The zero-order valence-electron chi connectivity index (χ0n) is 12.7. The Hall–Kier alpha value is -4.06. The molecule has 0 aliphatic carbocycles. The number of amides is 1. The third kappa shape index (κ3) is 3.18. The number of nitro groups is 1. The minimum atomic E-state index is -0.535. The van der Waals surface area contributed by atoms with Gasteiger partial charge in [-0.15, -0.1) is 10.2 Å². The SMILES string of the molecule is N#Cc1ccc(N(C(=O)c2ccc([N+](=O)[O-])cc2)n2cnnc2)cc1. The first kappa shape index (κ1) is 15.8. The second kappa shape index (κ2) is 6.59. The van der Waals surface area contributed by atoms with Crippen LogP contribution in [0.5, 0.6) is 0 Å². The van der Waals surface area contributed by atoms with Gasteiger partial charge in [0.05, 0.1) is 22.2 Å². The lowest BCUT2D eigenvalue weighted by atomic mass is 10.1. The zero-order chi connectivity index (χ0) is 17.8. The Morgan fingerprint density at radius 3 is 2.20 bits per heavy atom. The fourth-order valence-corrected chi connectivity index (χ4v) is 2.18. The van der Waals surface area contributed by atoms with Crippen LogP contribution in [0.15, 0.2) is 61.2 Å². The molecule has 9 nitrogen and oxygen atoms in total. The van der Waals surface area contributed by atoms with Gasteiger partial charge in [0.2, 0.25) is 0 Å². The molecule has 0 N–H and O–H groups in total.